The standard InChI is InChI=1S/C20H28N2.2ClH/c1-3-16-22(17-4-1)18-20-11-9-19(10-12-20)8-2-5-13-21-14-6-7-15-21;;/h9-12H,1,3-7,13-18H2;2*1H. The summed E-state index contributed by atoms with van der Waals surface area (Å²) in [5.41, 5.74) is 2.58. The molecule has 0 atom stereocenters. The van der Waals surface area contributed by atoms with Crippen molar-refractivity contribution in [3.8, 4) is 11.8 Å². The van der Waals surface area contributed by atoms with Crippen molar-refractivity contribution in [2.24, 2.45) is 0 Å². The molecule has 0 amide bonds. The van der Waals surface area contributed by atoms with Gasteiger partial charge in [-0.15, -0.1) is 24.8 Å². The van der Waals surface area contributed by atoms with Crippen LogP contribution in [0.5, 0.6) is 0 Å². The van der Waals surface area contributed by atoms with E-state index in [4.69, 9.17) is 0 Å². The predicted octanol–water partition coefficient (Wildman–Crippen LogP) is 4.35. The molecule has 0 saturated carbocycles. The maximum atomic E-state index is 3.33. The summed E-state index contributed by atoms with van der Waals surface area (Å²) >= 11 is 0. The van der Waals surface area contributed by atoms with E-state index < -0.39 is 0 Å². The molecule has 0 N–H and O–H groups in total. The quantitative estimate of drug-likeness (QED) is 0.728. The Morgan fingerprint density at radius 2 is 1.33 bits per heavy atom. The lowest BCUT2D eigenvalue weighted by atomic mass is 10.1. The molecule has 24 heavy (non-hydrogen) atoms. The minimum absolute atomic E-state index is 0. The fourth-order valence-corrected chi connectivity index (χ4v) is 3.45. The number of nitrogens with zero attached hydrogens (tertiary/aromatic N) is 2. The number of piperidine rings is 1. The van der Waals surface area contributed by atoms with Crippen LogP contribution in [0.3, 0.4) is 0 Å². The van der Waals surface area contributed by atoms with E-state index in [2.05, 4.69) is 45.9 Å². The number of benzene rings is 1. The van der Waals surface area contributed by atoms with Gasteiger partial charge in [-0.05, 0) is 69.6 Å². The number of likely N-dealkylation sites (tertiary alicyclic amines) is 2. The Morgan fingerprint density at radius 1 is 0.750 bits per heavy atom. The Morgan fingerprint density at radius 3 is 2.00 bits per heavy atom. The summed E-state index contributed by atoms with van der Waals surface area (Å²) in [6.45, 7) is 7.30. The molecule has 0 unspecified atom stereocenters. The minimum atomic E-state index is 0. The molecule has 0 aromatic heterocycles. The summed E-state index contributed by atoms with van der Waals surface area (Å²) < 4.78 is 0. The highest BCUT2D eigenvalue weighted by Crippen LogP contribution is 2.13. The second kappa shape index (κ2) is 11.8. The molecule has 0 aliphatic carbocycles. The fourth-order valence-electron chi connectivity index (χ4n) is 3.45. The van der Waals surface area contributed by atoms with Crippen LogP contribution in [-0.2, 0) is 6.54 Å². The van der Waals surface area contributed by atoms with E-state index in [9.17, 15) is 0 Å². The van der Waals surface area contributed by atoms with Gasteiger partial charge in [0.05, 0.1) is 0 Å². The zero-order valence-electron chi connectivity index (χ0n) is 14.5. The normalized spacial score (nSPS) is 18.2. The average molecular weight is 369 g/mol. The van der Waals surface area contributed by atoms with E-state index in [-0.39, 0.29) is 24.8 Å². The molecule has 3 rings (SSSR count). The van der Waals surface area contributed by atoms with Crippen LogP contribution in [0.2, 0.25) is 0 Å². The zero-order chi connectivity index (χ0) is 15.0. The summed E-state index contributed by atoms with van der Waals surface area (Å²) in [5, 5.41) is 0. The van der Waals surface area contributed by atoms with E-state index >= 15 is 0 Å². The molecule has 1 aromatic carbocycles. The van der Waals surface area contributed by atoms with Crippen LogP contribution < -0.4 is 0 Å². The number of hydrogen-bond acceptors (Lipinski definition) is 2. The maximum absolute atomic E-state index is 3.33. The van der Waals surface area contributed by atoms with Gasteiger partial charge >= 0.3 is 0 Å². The molecule has 2 heterocycles. The third-order valence-corrected chi connectivity index (χ3v) is 4.79. The van der Waals surface area contributed by atoms with Gasteiger partial charge in [0, 0.05) is 25.1 Å². The van der Waals surface area contributed by atoms with Gasteiger partial charge < -0.3 is 4.90 Å². The molecule has 0 bridgehead atoms. The lowest BCUT2D eigenvalue weighted by molar-refractivity contribution is 0.221. The molecule has 134 valence electrons. The van der Waals surface area contributed by atoms with Gasteiger partial charge in [0.2, 0.25) is 0 Å². The van der Waals surface area contributed by atoms with Crippen LogP contribution >= 0.6 is 24.8 Å². The van der Waals surface area contributed by atoms with Crippen molar-refractivity contribution >= 4 is 24.8 Å². The average Bonchev–Trinajstić information content (AvgIpc) is 3.07. The summed E-state index contributed by atoms with van der Waals surface area (Å²) in [4.78, 5) is 5.09. The van der Waals surface area contributed by atoms with Crippen molar-refractivity contribution in [1.82, 2.24) is 9.80 Å². The predicted molar refractivity (Wildman–Crippen MR) is 107 cm³/mol. The Kier molecular flexibility index (Phi) is 10.5. The summed E-state index contributed by atoms with van der Waals surface area (Å²) in [6, 6.07) is 8.86. The van der Waals surface area contributed by atoms with Crippen molar-refractivity contribution in [2.75, 3.05) is 32.7 Å². The summed E-state index contributed by atoms with van der Waals surface area (Å²) in [5.74, 6) is 6.64. The lowest BCUT2D eigenvalue weighted by Gasteiger charge is -2.26. The highest BCUT2D eigenvalue weighted by atomic mass is 35.5. The molecule has 2 saturated heterocycles. The maximum Gasteiger partial charge on any atom is 0.0245 e. The van der Waals surface area contributed by atoms with E-state index in [0.29, 0.717) is 0 Å². The van der Waals surface area contributed by atoms with E-state index in [0.717, 1.165) is 25.1 Å². The zero-order valence-corrected chi connectivity index (χ0v) is 16.1. The molecular formula is C20H30Cl2N2. The molecule has 4 heteroatoms. The second-order valence-electron chi connectivity index (χ2n) is 6.63. The van der Waals surface area contributed by atoms with Crippen molar-refractivity contribution in [3.05, 3.63) is 35.4 Å². The topological polar surface area (TPSA) is 6.48 Å². The number of hydrogen-bond donors (Lipinski definition) is 0. The van der Waals surface area contributed by atoms with E-state index in [1.165, 1.54) is 63.8 Å². The molecule has 0 spiro atoms. The van der Waals surface area contributed by atoms with Gasteiger partial charge in [0.15, 0.2) is 0 Å². The third kappa shape index (κ3) is 7.03. The van der Waals surface area contributed by atoms with Crippen molar-refractivity contribution in [1.29, 1.82) is 0 Å². The van der Waals surface area contributed by atoms with Gasteiger partial charge in [-0.25, -0.2) is 0 Å². The van der Waals surface area contributed by atoms with Gasteiger partial charge in [0.1, 0.15) is 0 Å². The lowest BCUT2D eigenvalue weighted by Crippen LogP contribution is -2.29. The van der Waals surface area contributed by atoms with Crippen LogP contribution in [0, 0.1) is 11.8 Å². The SMILES string of the molecule is C(#Cc1ccc(CN2CCCCC2)cc1)CCN1CCCC1.Cl.Cl. The Labute approximate surface area is 159 Å². The molecule has 2 aliphatic heterocycles. The van der Waals surface area contributed by atoms with Crippen molar-refractivity contribution in [3.63, 3.8) is 0 Å². The molecular weight excluding hydrogens is 339 g/mol. The highest BCUT2D eigenvalue weighted by Gasteiger charge is 2.10. The molecule has 2 nitrogen and oxygen atoms in total. The fraction of sp³-hybridized carbons (Fsp3) is 0.600. The van der Waals surface area contributed by atoms with Crippen molar-refractivity contribution < 1.29 is 0 Å². The summed E-state index contributed by atoms with van der Waals surface area (Å²) in [6.07, 6.45) is 7.86. The van der Waals surface area contributed by atoms with Crippen LogP contribution in [0.15, 0.2) is 24.3 Å². The third-order valence-electron chi connectivity index (χ3n) is 4.79. The van der Waals surface area contributed by atoms with Gasteiger partial charge in [-0.1, -0.05) is 30.4 Å². The monoisotopic (exact) mass is 368 g/mol. The molecule has 2 fully saturated rings. The second-order valence-corrected chi connectivity index (χ2v) is 6.63. The first kappa shape index (κ1) is 21.3. The smallest absolute Gasteiger partial charge is 0.0245 e. The van der Waals surface area contributed by atoms with Gasteiger partial charge in [-0.3, -0.25) is 4.90 Å². The first-order valence-electron chi connectivity index (χ1n) is 8.93. The van der Waals surface area contributed by atoms with Crippen LogP contribution in [-0.4, -0.2) is 42.5 Å². The van der Waals surface area contributed by atoms with Gasteiger partial charge in [-0.2, -0.15) is 0 Å². The molecule has 0 radical (unpaired) electrons. The Balaban J connectivity index is 0.00000144. The van der Waals surface area contributed by atoms with Crippen LogP contribution in [0.4, 0.5) is 0 Å². The first-order chi connectivity index (χ1) is 10.9. The Bertz CT molecular complexity index is 507. The van der Waals surface area contributed by atoms with E-state index in [1.54, 1.807) is 0 Å². The highest BCUT2D eigenvalue weighted by molar-refractivity contribution is 5.85. The number of rotatable bonds is 4. The Hall–Kier alpha value is -0.720. The molecule has 1 aromatic rings. The van der Waals surface area contributed by atoms with Crippen LogP contribution in [0.25, 0.3) is 0 Å². The van der Waals surface area contributed by atoms with Crippen LogP contribution in [0.1, 0.15) is 49.7 Å². The number of halogens is 2. The van der Waals surface area contributed by atoms with Crippen molar-refractivity contribution in [2.45, 2.75) is 45.1 Å². The summed E-state index contributed by atoms with van der Waals surface area (Å²) in [7, 11) is 0. The largest absolute Gasteiger partial charge is 0.302 e. The van der Waals surface area contributed by atoms with Gasteiger partial charge in [0.25, 0.3) is 0 Å². The molecule has 2 aliphatic rings. The minimum Gasteiger partial charge on any atom is -0.302 e. The van der Waals surface area contributed by atoms with E-state index in [1.807, 2.05) is 0 Å². The first-order valence-corrected chi connectivity index (χ1v) is 8.93.